The molecule has 2 rings (SSSR count). The topological polar surface area (TPSA) is 69.7 Å². The Morgan fingerprint density at radius 1 is 1.04 bits per heavy atom. The molecule has 1 amide bonds. The quantitative estimate of drug-likeness (QED) is 0.653. The van der Waals surface area contributed by atoms with Gasteiger partial charge in [0, 0.05) is 25.2 Å². The molecule has 2 aromatic carbocycles. The Labute approximate surface area is 167 Å². The molecule has 7 heteroatoms. The smallest absolute Gasteiger partial charge is 0.254 e. The van der Waals surface area contributed by atoms with Crippen LogP contribution in [0.5, 0.6) is 0 Å². The Morgan fingerprint density at radius 3 is 2.25 bits per heavy atom. The fraction of sp³-hybridized carbons (Fsp3) is 0.286. The summed E-state index contributed by atoms with van der Waals surface area (Å²) in [6.45, 7) is 1.68. The van der Waals surface area contributed by atoms with Crippen LogP contribution in [0.4, 0.5) is 0 Å². The van der Waals surface area contributed by atoms with Crippen molar-refractivity contribution in [2.45, 2.75) is 11.4 Å². The Morgan fingerprint density at radius 2 is 1.68 bits per heavy atom. The third kappa shape index (κ3) is 6.20. The number of sulfonamides is 1. The molecule has 0 fully saturated rings. The maximum atomic E-state index is 13.0. The highest BCUT2D eigenvalue weighted by Crippen LogP contribution is 2.14. The van der Waals surface area contributed by atoms with Crippen molar-refractivity contribution in [2.24, 2.45) is 0 Å². The molecule has 0 atom stereocenters. The molecule has 0 spiro atoms. The van der Waals surface area contributed by atoms with E-state index in [4.69, 9.17) is 6.42 Å². The molecule has 0 aliphatic carbocycles. The van der Waals surface area contributed by atoms with Gasteiger partial charge in [0.25, 0.3) is 5.91 Å². The summed E-state index contributed by atoms with van der Waals surface area (Å²) in [4.78, 5) is 16.9. The van der Waals surface area contributed by atoms with Crippen molar-refractivity contribution >= 4 is 15.9 Å². The normalized spacial score (nSPS) is 11.2. The van der Waals surface area contributed by atoms with Crippen LogP contribution in [-0.4, -0.2) is 57.9 Å². The van der Waals surface area contributed by atoms with Crippen LogP contribution < -0.4 is 4.72 Å². The van der Waals surface area contributed by atoms with E-state index in [1.807, 2.05) is 49.3 Å². The first-order valence-electron chi connectivity index (χ1n) is 8.84. The summed E-state index contributed by atoms with van der Waals surface area (Å²) >= 11 is 0. The highest BCUT2D eigenvalue weighted by Gasteiger charge is 2.18. The van der Waals surface area contributed by atoms with Gasteiger partial charge >= 0.3 is 0 Å². The molecule has 0 aliphatic rings. The molecule has 0 aromatic heterocycles. The minimum Gasteiger partial charge on any atom is -0.333 e. The monoisotopic (exact) mass is 399 g/mol. The van der Waals surface area contributed by atoms with Crippen LogP contribution in [0.15, 0.2) is 59.5 Å². The third-order valence-corrected chi connectivity index (χ3v) is 5.51. The zero-order chi connectivity index (χ0) is 20.6. The lowest BCUT2D eigenvalue weighted by Gasteiger charge is -2.25. The van der Waals surface area contributed by atoms with E-state index >= 15 is 0 Å². The van der Waals surface area contributed by atoms with E-state index < -0.39 is 10.0 Å². The van der Waals surface area contributed by atoms with Crippen LogP contribution in [0.2, 0.25) is 0 Å². The second-order valence-corrected chi connectivity index (χ2v) is 8.34. The van der Waals surface area contributed by atoms with Gasteiger partial charge in [-0.05, 0) is 43.9 Å². The van der Waals surface area contributed by atoms with E-state index in [1.165, 1.54) is 24.3 Å². The number of rotatable bonds is 9. The molecular formula is C21H25N3O3S. The summed E-state index contributed by atoms with van der Waals surface area (Å²) in [5, 5.41) is 0. The van der Waals surface area contributed by atoms with Gasteiger partial charge in [0.05, 0.1) is 11.4 Å². The number of hydrogen-bond donors (Lipinski definition) is 1. The molecule has 2 aromatic rings. The van der Waals surface area contributed by atoms with Crippen LogP contribution in [0, 0.1) is 12.3 Å². The van der Waals surface area contributed by atoms with Gasteiger partial charge in [-0.1, -0.05) is 36.3 Å². The summed E-state index contributed by atoms with van der Waals surface area (Å²) in [7, 11) is 0.226. The Hall–Kier alpha value is -2.66. The summed E-state index contributed by atoms with van der Waals surface area (Å²) in [6, 6.07) is 15.6. The van der Waals surface area contributed by atoms with Crippen molar-refractivity contribution in [1.29, 1.82) is 0 Å². The van der Waals surface area contributed by atoms with Gasteiger partial charge in [-0.2, -0.15) is 4.72 Å². The van der Waals surface area contributed by atoms with Crippen LogP contribution >= 0.6 is 0 Å². The Balaban J connectivity index is 2.19. The lowest BCUT2D eigenvalue weighted by Crippen LogP contribution is -2.36. The van der Waals surface area contributed by atoms with Crippen molar-refractivity contribution in [3.05, 3.63) is 65.7 Å². The fourth-order valence-corrected chi connectivity index (χ4v) is 3.49. The number of carbonyl (C=O) groups excluding carboxylic acids is 1. The largest absolute Gasteiger partial charge is 0.333 e. The molecule has 6 nitrogen and oxygen atoms in total. The van der Waals surface area contributed by atoms with Gasteiger partial charge in [0.15, 0.2) is 0 Å². The zero-order valence-electron chi connectivity index (χ0n) is 16.1. The maximum absolute atomic E-state index is 13.0. The Bertz CT molecular complexity index is 918. The predicted molar refractivity (Wildman–Crippen MR) is 110 cm³/mol. The predicted octanol–water partition coefficient (Wildman–Crippen LogP) is 1.80. The van der Waals surface area contributed by atoms with Crippen LogP contribution in [-0.2, 0) is 16.6 Å². The number of terminal acetylenes is 1. The standard InChI is InChI=1S/C21H25N3O3S/c1-4-14-22-28(26,27)20-12-10-19(11-13-20)21(25)24(16-15-23(2)3)17-18-8-6-5-7-9-18/h1,5-13,22H,14-17H2,2-3H3. The lowest BCUT2D eigenvalue weighted by molar-refractivity contribution is 0.0732. The van der Waals surface area contributed by atoms with Crippen molar-refractivity contribution in [3.8, 4) is 12.3 Å². The molecular weight excluding hydrogens is 374 g/mol. The number of hydrogen-bond acceptors (Lipinski definition) is 4. The first-order chi connectivity index (χ1) is 13.3. The SMILES string of the molecule is C#CCNS(=O)(=O)c1ccc(C(=O)N(CCN(C)C)Cc2ccccc2)cc1. The summed E-state index contributed by atoms with van der Waals surface area (Å²) in [5.74, 6) is 2.08. The van der Waals surface area contributed by atoms with Crippen molar-refractivity contribution in [1.82, 2.24) is 14.5 Å². The summed E-state index contributed by atoms with van der Waals surface area (Å²) in [5.41, 5.74) is 1.47. The molecule has 0 unspecified atom stereocenters. The minimum atomic E-state index is -3.68. The van der Waals surface area contributed by atoms with Gasteiger partial charge < -0.3 is 9.80 Å². The van der Waals surface area contributed by atoms with E-state index in [-0.39, 0.29) is 17.3 Å². The highest BCUT2D eigenvalue weighted by atomic mass is 32.2. The zero-order valence-corrected chi connectivity index (χ0v) is 16.9. The molecule has 0 aliphatic heterocycles. The molecule has 1 N–H and O–H groups in total. The molecule has 0 heterocycles. The second kappa shape index (κ2) is 10.0. The van der Waals surface area contributed by atoms with E-state index in [0.29, 0.717) is 18.7 Å². The number of nitrogens with one attached hydrogen (secondary N) is 1. The second-order valence-electron chi connectivity index (χ2n) is 6.57. The van der Waals surface area contributed by atoms with E-state index in [2.05, 4.69) is 10.6 Å². The number of carbonyl (C=O) groups is 1. The van der Waals surface area contributed by atoms with Crippen LogP contribution in [0.3, 0.4) is 0 Å². The molecule has 148 valence electrons. The molecule has 0 saturated heterocycles. The van der Waals surface area contributed by atoms with E-state index in [0.717, 1.165) is 12.1 Å². The highest BCUT2D eigenvalue weighted by molar-refractivity contribution is 7.89. The molecule has 0 saturated carbocycles. The molecule has 28 heavy (non-hydrogen) atoms. The number of benzene rings is 2. The lowest BCUT2D eigenvalue weighted by atomic mass is 10.1. The van der Waals surface area contributed by atoms with E-state index in [9.17, 15) is 13.2 Å². The first kappa shape index (κ1) is 21.6. The third-order valence-electron chi connectivity index (χ3n) is 4.10. The summed E-state index contributed by atoms with van der Waals surface area (Å²) in [6.07, 6.45) is 5.09. The average molecular weight is 400 g/mol. The van der Waals surface area contributed by atoms with Gasteiger partial charge in [0.2, 0.25) is 10.0 Å². The number of amides is 1. The molecule has 0 bridgehead atoms. The fourth-order valence-electron chi connectivity index (χ4n) is 2.56. The average Bonchev–Trinajstić information content (AvgIpc) is 2.70. The van der Waals surface area contributed by atoms with Crippen molar-refractivity contribution in [3.63, 3.8) is 0 Å². The number of likely N-dealkylation sites (N-methyl/N-ethyl adjacent to an activating group) is 1. The minimum absolute atomic E-state index is 0.0715. The maximum Gasteiger partial charge on any atom is 0.254 e. The molecule has 0 radical (unpaired) electrons. The van der Waals surface area contributed by atoms with Gasteiger partial charge in [0.1, 0.15) is 0 Å². The van der Waals surface area contributed by atoms with Gasteiger partial charge in [-0.25, -0.2) is 8.42 Å². The number of nitrogens with zero attached hydrogens (tertiary/aromatic N) is 2. The Kier molecular flexibility index (Phi) is 7.76. The summed E-state index contributed by atoms with van der Waals surface area (Å²) < 4.78 is 26.5. The van der Waals surface area contributed by atoms with E-state index in [1.54, 1.807) is 4.90 Å². The first-order valence-corrected chi connectivity index (χ1v) is 10.3. The van der Waals surface area contributed by atoms with Crippen molar-refractivity contribution < 1.29 is 13.2 Å². The van der Waals surface area contributed by atoms with Crippen LogP contribution in [0.25, 0.3) is 0 Å². The van der Waals surface area contributed by atoms with Crippen molar-refractivity contribution in [2.75, 3.05) is 33.7 Å². The van der Waals surface area contributed by atoms with Gasteiger partial charge in [-0.3, -0.25) is 4.79 Å². The van der Waals surface area contributed by atoms with Crippen LogP contribution in [0.1, 0.15) is 15.9 Å². The van der Waals surface area contributed by atoms with Gasteiger partial charge in [-0.15, -0.1) is 6.42 Å².